The predicted molar refractivity (Wildman–Crippen MR) is 49.0 cm³/mol. The normalized spacial score (nSPS) is 23.9. The lowest BCUT2D eigenvalue weighted by atomic mass is 10.0. The average Bonchev–Trinajstić information content (AvgIpc) is 2.10. The molecule has 0 radical (unpaired) electrons. The van der Waals surface area contributed by atoms with Crippen molar-refractivity contribution in [2.45, 2.75) is 38.3 Å². The summed E-state index contributed by atoms with van der Waals surface area (Å²) >= 11 is 0. The molecule has 76 valence electrons. The van der Waals surface area contributed by atoms with Crippen molar-refractivity contribution in [2.24, 2.45) is 0 Å². The molecule has 0 bridgehead atoms. The lowest BCUT2D eigenvalue weighted by Crippen LogP contribution is -2.52. The summed E-state index contributed by atoms with van der Waals surface area (Å²) < 4.78 is 0. The van der Waals surface area contributed by atoms with E-state index in [2.05, 4.69) is 10.6 Å². The van der Waals surface area contributed by atoms with E-state index in [1.807, 2.05) is 13.0 Å². The highest BCUT2D eigenvalue weighted by Gasteiger charge is 2.26. The first kappa shape index (κ1) is 10.7. The number of carbonyl (C=O) groups is 2. The van der Waals surface area contributed by atoms with Gasteiger partial charge in [-0.2, -0.15) is 5.26 Å². The Balaban J connectivity index is 2.42. The zero-order valence-corrected chi connectivity index (χ0v) is 8.04. The number of rotatable bonds is 3. The van der Waals surface area contributed by atoms with Crippen molar-refractivity contribution < 1.29 is 9.59 Å². The Bertz CT molecular complexity index is 282. The van der Waals surface area contributed by atoms with Crippen LogP contribution >= 0.6 is 0 Å². The molecule has 0 aromatic rings. The van der Waals surface area contributed by atoms with Crippen molar-refractivity contribution in [1.29, 1.82) is 5.26 Å². The summed E-state index contributed by atoms with van der Waals surface area (Å²) in [6, 6.07) is 1.66. The molecule has 1 heterocycles. The van der Waals surface area contributed by atoms with E-state index in [0.717, 1.165) is 0 Å². The molecule has 1 rings (SSSR count). The largest absolute Gasteiger partial charge is 0.302 e. The van der Waals surface area contributed by atoms with Crippen LogP contribution in [0.3, 0.4) is 0 Å². The second-order valence-electron chi connectivity index (χ2n) is 3.43. The minimum atomic E-state index is -0.337. The average molecular weight is 195 g/mol. The van der Waals surface area contributed by atoms with Gasteiger partial charge in [0.25, 0.3) is 0 Å². The molecule has 0 saturated carbocycles. The van der Waals surface area contributed by atoms with Crippen molar-refractivity contribution in [3.63, 3.8) is 0 Å². The van der Waals surface area contributed by atoms with Gasteiger partial charge in [-0.1, -0.05) is 0 Å². The number of carbonyl (C=O) groups excluding carboxylic acids is 2. The predicted octanol–water partition coefficient (Wildman–Crippen LogP) is -0.317. The smallest absolute Gasteiger partial charge is 0.243 e. The molecule has 0 aromatic carbocycles. The second-order valence-corrected chi connectivity index (χ2v) is 3.43. The van der Waals surface area contributed by atoms with Gasteiger partial charge in [-0.05, 0) is 13.3 Å². The maximum atomic E-state index is 11.3. The molecule has 2 amide bonds. The Kier molecular flexibility index (Phi) is 3.60. The van der Waals surface area contributed by atoms with E-state index < -0.39 is 0 Å². The third kappa shape index (κ3) is 2.82. The van der Waals surface area contributed by atoms with Gasteiger partial charge in [-0.3, -0.25) is 14.9 Å². The quantitative estimate of drug-likeness (QED) is 0.605. The highest BCUT2D eigenvalue weighted by molar-refractivity contribution is 6.00. The van der Waals surface area contributed by atoms with Crippen LogP contribution < -0.4 is 10.6 Å². The summed E-state index contributed by atoms with van der Waals surface area (Å²) in [5.74, 6) is -0.507. The SMILES string of the molecule is CC(CC#N)NC1CCC(=O)NC1=O. The Morgan fingerprint density at radius 2 is 2.43 bits per heavy atom. The third-order valence-electron chi connectivity index (χ3n) is 2.12. The molecular formula is C9H13N3O2. The highest BCUT2D eigenvalue weighted by Crippen LogP contribution is 2.05. The third-order valence-corrected chi connectivity index (χ3v) is 2.12. The molecule has 0 aliphatic carbocycles. The zero-order valence-electron chi connectivity index (χ0n) is 8.04. The van der Waals surface area contributed by atoms with Crippen LogP contribution in [0.2, 0.25) is 0 Å². The van der Waals surface area contributed by atoms with Crippen LogP contribution in [0.5, 0.6) is 0 Å². The van der Waals surface area contributed by atoms with E-state index in [1.165, 1.54) is 0 Å². The van der Waals surface area contributed by atoms with Gasteiger partial charge < -0.3 is 5.32 Å². The second kappa shape index (κ2) is 4.72. The molecule has 2 unspecified atom stereocenters. The minimum Gasteiger partial charge on any atom is -0.302 e. The first-order valence-corrected chi connectivity index (χ1v) is 4.60. The summed E-state index contributed by atoms with van der Waals surface area (Å²) in [6.45, 7) is 1.84. The van der Waals surface area contributed by atoms with E-state index in [1.54, 1.807) is 0 Å². The number of amides is 2. The van der Waals surface area contributed by atoms with Crippen LogP contribution in [0.1, 0.15) is 26.2 Å². The highest BCUT2D eigenvalue weighted by atomic mass is 16.2. The lowest BCUT2D eigenvalue weighted by Gasteiger charge is -2.24. The van der Waals surface area contributed by atoms with E-state index in [9.17, 15) is 9.59 Å². The summed E-state index contributed by atoms with van der Waals surface area (Å²) in [4.78, 5) is 22.1. The lowest BCUT2D eigenvalue weighted by molar-refractivity contribution is -0.134. The summed E-state index contributed by atoms with van der Waals surface area (Å²) in [7, 11) is 0. The van der Waals surface area contributed by atoms with Gasteiger partial charge in [0.15, 0.2) is 0 Å². The maximum Gasteiger partial charge on any atom is 0.243 e. The number of hydrogen-bond acceptors (Lipinski definition) is 4. The fourth-order valence-corrected chi connectivity index (χ4v) is 1.39. The molecule has 1 fully saturated rings. The molecule has 0 aromatic heterocycles. The number of piperidine rings is 1. The Morgan fingerprint density at radius 1 is 1.71 bits per heavy atom. The van der Waals surface area contributed by atoms with Gasteiger partial charge >= 0.3 is 0 Å². The van der Waals surface area contributed by atoms with Crippen molar-refractivity contribution >= 4 is 11.8 Å². The van der Waals surface area contributed by atoms with Crippen LogP contribution in [0, 0.1) is 11.3 Å². The van der Waals surface area contributed by atoms with Crippen LogP contribution in [0.15, 0.2) is 0 Å². The molecule has 5 nitrogen and oxygen atoms in total. The van der Waals surface area contributed by atoms with Crippen LogP contribution in [0.25, 0.3) is 0 Å². The minimum absolute atomic E-state index is 0.0241. The number of nitriles is 1. The summed E-state index contributed by atoms with van der Waals surface area (Å²) in [5.41, 5.74) is 0. The Morgan fingerprint density at radius 3 is 3.00 bits per heavy atom. The molecule has 0 spiro atoms. The molecule has 2 N–H and O–H groups in total. The van der Waals surface area contributed by atoms with Gasteiger partial charge in [-0.15, -0.1) is 0 Å². The fourth-order valence-electron chi connectivity index (χ4n) is 1.39. The molecule has 14 heavy (non-hydrogen) atoms. The standard InChI is InChI=1S/C9H13N3O2/c1-6(4-5-10)11-7-2-3-8(13)12-9(7)14/h6-7,11H,2-4H2,1H3,(H,12,13,14). The van der Waals surface area contributed by atoms with Crippen molar-refractivity contribution in [3.8, 4) is 6.07 Å². The molecule has 1 saturated heterocycles. The topological polar surface area (TPSA) is 82.0 Å². The molecular weight excluding hydrogens is 182 g/mol. The van der Waals surface area contributed by atoms with Crippen LogP contribution in [-0.4, -0.2) is 23.9 Å². The molecule has 1 aliphatic rings. The maximum absolute atomic E-state index is 11.3. The van der Waals surface area contributed by atoms with Crippen LogP contribution in [-0.2, 0) is 9.59 Å². The number of imide groups is 1. The monoisotopic (exact) mass is 195 g/mol. The van der Waals surface area contributed by atoms with Crippen molar-refractivity contribution in [3.05, 3.63) is 0 Å². The van der Waals surface area contributed by atoms with Crippen molar-refractivity contribution in [2.75, 3.05) is 0 Å². The van der Waals surface area contributed by atoms with Crippen molar-refractivity contribution in [1.82, 2.24) is 10.6 Å². The van der Waals surface area contributed by atoms with E-state index in [0.29, 0.717) is 19.3 Å². The number of nitrogens with zero attached hydrogens (tertiary/aromatic N) is 1. The summed E-state index contributed by atoms with van der Waals surface area (Å²) in [6.07, 6.45) is 1.24. The van der Waals surface area contributed by atoms with E-state index >= 15 is 0 Å². The molecule has 1 aliphatic heterocycles. The number of nitrogens with one attached hydrogen (secondary N) is 2. The molecule has 5 heteroatoms. The number of hydrogen-bond donors (Lipinski definition) is 2. The summed E-state index contributed by atoms with van der Waals surface area (Å²) in [5, 5.41) is 13.7. The van der Waals surface area contributed by atoms with E-state index in [4.69, 9.17) is 5.26 Å². The van der Waals surface area contributed by atoms with Gasteiger partial charge in [-0.25, -0.2) is 0 Å². The fraction of sp³-hybridized carbons (Fsp3) is 0.667. The Labute approximate surface area is 82.5 Å². The van der Waals surface area contributed by atoms with Gasteiger partial charge in [0.2, 0.25) is 11.8 Å². The van der Waals surface area contributed by atoms with Gasteiger partial charge in [0, 0.05) is 12.5 Å². The van der Waals surface area contributed by atoms with Crippen LogP contribution in [0.4, 0.5) is 0 Å². The first-order chi connectivity index (χ1) is 6.63. The molecule has 2 atom stereocenters. The van der Waals surface area contributed by atoms with E-state index in [-0.39, 0.29) is 23.9 Å². The van der Waals surface area contributed by atoms with Gasteiger partial charge in [0.05, 0.1) is 18.5 Å². The first-order valence-electron chi connectivity index (χ1n) is 4.60. The van der Waals surface area contributed by atoms with Gasteiger partial charge in [0.1, 0.15) is 0 Å². The Hall–Kier alpha value is -1.41. The zero-order chi connectivity index (χ0) is 10.6.